The second kappa shape index (κ2) is 6.34. The maximum atomic E-state index is 12.3. The SMILES string of the molecule is CN(C)CCNC(=O)c1cnn(C)c1-c1ccccc1. The third-order valence-electron chi connectivity index (χ3n) is 3.08. The van der Waals surface area contributed by atoms with Crippen molar-refractivity contribution in [3.05, 3.63) is 42.1 Å². The van der Waals surface area contributed by atoms with Crippen LogP contribution in [0.25, 0.3) is 11.3 Å². The molecule has 0 atom stereocenters. The Hall–Kier alpha value is -2.14. The van der Waals surface area contributed by atoms with Gasteiger partial charge in [0.1, 0.15) is 0 Å². The first-order chi connectivity index (χ1) is 9.59. The minimum absolute atomic E-state index is 0.0844. The molecule has 1 aromatic heterocycles. The average molecular weight is 272 g/mol. The van der Waals surface area contributed by atoms with E-state index in [-0.39, 0.29) is 5.91 Å². The first-order valence-corrected chi connectivity index (χ1v) is 6.60. The Balaban J connectivity index is 2.19. The molecule has 5 nitrogen and oxygen atoms in total. The maximum Gasteiger partial charge on any atom is 0.255 e. The van der Waals surface area contributed by atoms with Crippen LogP contribution >= 0.6 is 0 Å². The van der Waals surface area contributed by atoms with Gasteiger partial charge in [-0.15, -0.1) is 0 Å². The standard InChI is InChI=1S/C15H20N4O/c1-18(2)10-9-16-15(20)13-11-17-19(3)14(13)12-7-5-4-6-8-12/h4-8,11H,9-10H2,1-3H3,(H,16,20). The van der Waals surface area contributed by atoms with Crippen molar-refractivity contribution in [2.75, 3.05) is 27.2 Å². The van der Waals surface area contributed by atoms with Gasteiger partial charge in [-0.3, -0.25) is 9.48 Å². The van der Waals surface area contributed by atoms with Gasteiger partial charge in [0, 0.05) is 25.7 Å². The molecule has 0 fully saturated rings. The number of likely N-dealkylation sites (N-methyl/N-ethyl adjacent to an activating group) is 1. The highest BCUT2D eigenvalue weighted by molar-refractivity contribution is 5.99. The third-order valence-corrected chi connectivity index (χ3v) is 3.08. The van der Waals surface area contributed by atoms with Crippen molar-refractivity contribution in [1.29, 1.82) is 0 Å². The van der Waals surface area contributed by atoms with Crippen molar-refractivity contribution < 1.29 is 4.79 Å². The summed E-state index contributed by atoms with van der Waals surface area (Å²) >= 11 is 0. The lowest BCUT2D eigenvalue weighted by Crippen LogP contribution is -2.31. The molecule has 2 aromatic rings. The minimum Gasteiger partial charge on any atom is -0.351 e. The number of hydrogen-bond donors (Lipinski definition) is 1. The van der Waals surface area contributed by atoms with Gasteiger partial charge in [0.25, 0.3) is 5.91 Å². The van der Waals surface area contributed by atoms with E-state index in [1.807, 2.05) is 56.4 Å². The molecule has 0 aliphatic carbocycles. The first kappa shape index (κ1) is 14.3. The van der Waals surface area contributed by atoms with Crippen molar-refractivity contribution in [3.63, 3.8) is 0 Å². The fourth-order valence-electron chi connectivity index (χ4n) is 2.03. The highest BCUT2D eigenvalue weighted by atomic mass is 16.1. The van der Waals surface area contributed by atoms with Crippen LogP contribution in [0.3, 0.4) is 0 Å². The average Bonchev–Trinajstić information content (AvgIpc) is 2.81. The largest absolute Gasteiger partial charge is 0.351 e. The summed E-state index contributed by atoms with van der Waals surface area (Å²) in [6.07, 6.45) is 1.62. The molecule has 20 heavy (non-hydrogen) atoms. The van der Waals surface area contributed by atoms with E-state index in [1.165, 1.54) is 0 Å². The molecule has 1 heterocycles. The van der Waals surface area contributed by atoms with E-state index in [1.54, 1.807) is 10.9 Å². The first-order valence-electron chi connectivity index (χ1n) is 6.60. The van der Waals surface area contributed by atoms with Crippen LogP contribution in [0, 0.1) is 0 Å². The molecule has 106 valence electrons. The molecular weight excluding hydrogens is 252 g/mol. The summed E-state index contributed by atoms with van der Waals surface area (Å²) in [5, 5.41) is 7.12. The molecule has 1 amide bonds. The number of nitrogens with zero attached hydrogens (tertiary/aromatic N) is 3. The summed E-state index contributed by atoms with van der Waals surface area (Å²) in [6, 6.07) is 9.82. The summed E-state index contributed by atoms with van der Waals surface area (Å²) in [4.78, 5) is 14.3. The van der Waals surface area contributed by atoms with Crippen molar-refractivity contribution in [1.82, 2.24) is 20.0 Å². The smallest absolute Gasteiger partial charge is 0.255 e. The zero-order chi connectivity index (χ0) is 14.5. The maximum absolute atomic E-state index is 12.3. The molecular formula is C15H20N4O. The Morgan fingerprint density at radius 2 is 2.00 bits per heavy atom. The Morgan fingerprint density at radius 1 is 1.30 bits per heavy atom. The molecule has 0 unspecified atom stereocenters. The normalized spacial score (nSPS) is 10.8. The molecule has 0 radical (unpaired) electrons. The van der Waals surface area contributed by atoms with Gasteiger partial charge in [-0.05, 0) is 14.1 Å². The molecule has 0 aliphatic rings. The van der Waals surface area contributed by atoms with Gasteiger partial charge >= 0.3 is 0 Å². The van der Waals surface area contributed by atoms with Crippen molar-refractivity contribution in [3.8, 4) is 11.3 Å². The molecule has 0 saturated carbocycles. The van der Waals surface area contributed by atoms with Crippen LogP contribution in [0.2, 0.25) is 0 Å². The van der Waals surface area contributed by atoms with Gasteiger partial charge in [0.05, 0.1) is 17.5 Å². The zero-order valence-corrected chi connectivity index (χ0v) is 12.1. The molecule has 2 rings (SSSR count). The van der Waals surface area contributed by atoms with Gasteiger partial charge in [-0.25, -0.2) is 0 Å². The summed E-state index contributed by atoms with van der Waals surface area (Å²) in [5.41, 5.74) is 2.44. The number of carbonyl (C=O) groups excluding carboxylic acids is 1. The van der Waals surface area contributed by atoms with Gasteiger partial charge in [-0.1, -0.05) is 30.3 Å². The Bertz CT molecular complexity index is 575. The fraction of sp³-hybridized carbons (Fsp3) is 0.333. The van der Waals surface area contributed by atoms with Crippen molar-refractivity contribution in [2.45, 2.75) is 0 Å². The van der Waals surface area contributed by atoms with Crippen LogP contribution in [-0.4, -0.2) is 47.8 Å². The lowest BCUT2D eigenvalue weighted by molar-refractivity contribution is 0.0951. The van der Waals surface area contributed by atoms with E-state index in [0.717, 1.165) is 17.8 Å². The minimum atomic E-state index is -0.0844. The highest BCUT2D eigenvalue weighted by Gasteiger charge is 2.16. The number of carbonyl (C=O) groups is 1. The van der Waals surface area contributed by atoms with Gasteiger partial charge < -0.3 is 10.2 Å². The molecule has 1 aromatic carbocycles. The van der Waals surface area contributed by atoms with Crippen LogP contribution in [0.4, 0.5) is 0 Å². The van der Waals surface area contributed by atoms with Crippen LogP contribution < -0.4 is 5.32 Å². The number of amides is 1. The quantitative estimate of drug-likeness (QED) is 0.894. The molecule has 0 aliphatic heterocycles. The van der Waals surface area contributed by atoms with E-state index in [2.05, 4.69) is 10.4 Å². The van der Waals surface area contributed by atoms with Crippen LogP contribution in [0.15, 0.2) is 36.5 Å². The number of nitrogens with one attached hydrogen (secondary N) is 1. The predicted molar refractivity (Wildman–Crippen MR) is 79.5 cm³/mol. The number of rotatable bonds is 5. The van der Waals surface area contributed by atoms with E-state index in [4.69, 9.17) is 0 Å². The number of benzene rings is 1. The second-order valence-electron chi connectivity index (χ2n) is 4.96. The van der Waals surface area contributed by atoms with E-state index in [0.29, 0.717) is 12.1 Å². The molecule has 5 heteroatoms. The van der Waals surface area contributed by atoms with Crippen LogP contribution in [-0.2, 0) is 7.05 Å². The topological polar surface area (TPSA) is 50.2 Å². The lowest BCUT2D eigenvalue weighted by atomic mass is 10.1. The number of hydrogen-bond acceptors (Lipinski definition) is 3. The van der Waals surface area contributed by atoms with Gasteiger partial charge in [0.15, 0.2) is 0 Å². The predicted octanol–water partition coefficient (Wildman–Crippen LogP) is 1.38. The van der Waals surface area contributed by atoms with E-state index in [9.17, 15) is 4.79 Å². The molecule has 0 saturated heterocycles. The highest BCUT2D eigenvalue weighted by Crippen LogP contribution is 2.22. The number of aromatic nitrogens is 2. The Kier molecular flexibility index (Phi) is 4.53. The van der Waals surface area contributed by atoms with Crippen LogP contribution in [0.1, 0.15) is 10.4 Å². The van der Waals surface area contributed by atoms with Crippen LogP contribution in [0.5, 0.6) is 0 Å². The van der Waals surface area contributed by atoms with Gasteiger partial charge in [0.2, 0.25) is 0 Å². The number of aryl methyl sites for hydroxylation is 1. The monoisotopic (exact) mass is 272 g/mol. The Morgan fingerprint density at radius 3 is 2.65 bits per heavy atom. The van der Waals surface area contributed by atoms with Crippen molar-refractivity contribution >= 4 is 5.91 Å². The summed E-state index contributed by atoms with van der Waals surface area (Å²) in [5.74, 6) is -0.0844. The third kappa shape index (κ3) is 3.24. The van der Waals surface area contributed by atoms with E-state index >= 15 is 0 Å². The Labute approximate surface area is 119 Å². The zero-order valence-electron chi connectivity index (χ0n) is 12.1. The summed E-state index contributed by atoms with van der Waals surface area (Å²) in [6.45, 7) is 1.43. The summed E-state index contributed by atoms with van der Waals surface area (Å²) in [7, 11) is 5.80. The second-order valence-corrected chi connectivity index (χ2v) is 4.96. The van der Waals surface area contributed by atoms with E-state index < -0.39 is 0 Å². The summed E-state index contributed by atoms with van der Waals surface area (Å²) < 4.78 is 1.73. The van der Waals surface area contributed by atoms with Crippen molar-refractivity contribution in [2.24, 2.45) is 7.05 Å². The van der Waals surface area contributed by atoms with Gasteiger partial charge in [-0.2, -0.15) is 5.10 Å². The lowest BCUT2D eigenvalue weighted by Gasteiger charge is -2.11. The molecule has 0 bridgehead atoms. The fourth-order valence-corrected chi connectivity index (χ4v) is 2.03. The molecule has 1 N–H and O–H groups in total. The molecule has 0 spiro atoms.